The van der Waals surface area contributed by atoms with Crippen LogP contribution >= 0.6 is 12.2 Å². The lowest BCUT2D eigenvalue weighted by molar-refractivity contribution is -0.130. The molecule has 1 saturated heterocycles. The quantitative estimate of drug-likeness (QED) is 0.794. The third-order valence-electron chi connectivity index (χ3n) is 4.21. The maximum atomic E-state index is 12.7. The molecule has 134 valence electrons. The van der Waals surface area contributed by atoms with E-state index in [1.807, 2.05) is 55.5 Å². The molecule has 1 N–H and O–H groups in total. The van der Waals surface area contributed by atoms with Gasteiger partial charge in [-0.3, -0.25) is 19.5 Å². The molecule has 2 amide bonds. The molecule has 0 unspecified atom stereocenters. The summed E-state index contributed by atoms with van der Waals surface area (Å²) in [4.78, 5) is 32.8. The summed E-state index contributed by atoms with van der Waals surface area (Å²) in [6.45, 7) is 2.74. The minimum absolute atomic E-state index is 0.0389. The van der Waals surface area contributed by atoms with Crippen molar-refractivity contribution in [3.05, 3.63) is 60.4 Å². The van der Waals surface area contributed by atoms with Gasteiger partial charge in [0.25, 0.3) is 5.91 Å². The van der Waals surface area contributed by atoms with Crippen molar-refractivity contribution < 1.29 is 9.59 Å². The van der Waals surface area contributed by atoms with Gasteiger partial charge >= 0.3 is 0 Å². The Morgan fingerprint density at radius 3 is 2.58 bits per heavy atom. The van der Waals surface area contributed by atoms with Crippen LogP contribution in [0.3, 0.4) is 0 Å². The molecular formula is C19H20N4O2S. The molecule has 0 radical (unpaired) electrons. The average molecular weight is 368 g/mol. The van der Waals surface area contributed by atoms with Crippen LogP contribution in [0.15, 0.2) is 54.7 Å². The number of nitrogens with zero attached hydrogens (tertiary/aromatic N) is 3. The first-order valence-electron chi connectivity index (χ1n) is 8.47. The van der Waals surface area contributed by atoms with E-state index in [9.17, 15) is 9.59 Å². The van der Waals surface area contributed by atoms with Crippen molar-refractivity contribution in [3.8, 4) is 0 Å². The average Bonchev–Trinajstić information content (AvgIpc) is 2.87. The SMILES string of the molecule is CCN1C(=O)[C@@H](CC(=O)Nc2ccccc2)N(Cc2ccccn2)C1=S. The smallest absolute Gasteiger partial charge is 0.252 e. The number of thiocarbonyl (C=S) groups is 1. The molecule has 1 aromatic heterocycles. The number of carbonyl (C=O) groups excluding carboxylic acids is 2. The number of nitrogens with one attached hydrogen (secondary N) is 1. The zero-order valence-electron chi connectivity index (χ0n) is 14.5. The van der Waals surface area contributed by atoms with E-state index in [0.29, 0.717) is 23.9 Å². The first-order chi connectivity index (χ1) is 12.6. The molecule has 2 aromatic rings. The summed E-state index contributed by atoms with van der Waals surface area (Å²) in [5.74, 6) is -0.363. The van der Waals surface area contributed by atoms with E-state index in [4.69, 9.17) is 12.2 Å². The molecule has 3 rings (SSSR count). The largest absolute Gasteiger partial charge is 0.330 e. The molecule has 7 heteroatoms. The van der Waals surface area contributed by atoms with E-state index in [0.717, 1.165) is 5.69 Å². The van der Waals surface area contributed by atoms with Gasteiger partial charge in [0.1, 0.15) is 6.04 Å². The maximum absolute atomic E-state index is 12.7. The highest BCUT2D eigenvalue weighted by molar-refractivity contribution is 7.80. The fourth-order valence-corrected chi connectivity index (χ4v) is 3.35. The summed E-state index contributed by atoms with van der Waals surface area (Å²) < 4.78 is 0. The van der Waals surface area contributed by atoms with Gasteiger partial charge in [0.2, 0.25) is 5.91 Å². The van der Waals surface area contributed by atoms with Gasteiger partial charge in [0.05, 0.1) is 18.7 Å². The van der Waals surface area contributed by atoms with E-state index >= 15 is 0 Å². The van der Waals surface area contributed by atoms with Crippen LogP contribution in [0.5, 0.6) is 0 Å². The summed E-state index contributed by atoms with van der Waals surface area (Å²) in [6, 6.07) is 14.2. The lowest BCUT2D eigenvalue weighted by Crippen LogP contribution is -2.37. The lowest BCUT2D eigenvalue weighted by Gasteiger charge is -2.23. The van der Waals surface area contributed by atoms with Crippen molar-refractivity contribution in [3.63, 3.8) is 0 Å². The van der Waals surface area contributed by atoms with Crippen molar-refractivity contribution in [2.24, 2.45) is 0 Å². The predicted octanol–water partition coefficient (Wildman–Crippen LogP) is 2.43. The van der Waals surface area contributed by atoms with Crippen LogP contribution in [-0.2, 0) is 16.1 Å². The zero-order chi connectivity index (χ0) is 18.5. The number of likely N-dealkylation sites (N-methyl/N-ethyl adjacent to an activating group) is 1. The Kier molecular flexibility index (Phi) is 5.58. The maximum Gasteiger partial charge on any atom is 0.252 e. The summed E-state index contributed by atoms with van der Waals surface area (Å²) >= 11 is 5.47. The number of rotatable bonds is 6. The van der Waals surface area contributed by atoms with E-state index in [-0.39, 0.29) is 18.2 Å². The molecule has 1 aliphatic heterocycles. The molecule has 1 aromatic carbocycles. The second kappa shape index (κ2) is 8.05. The Bertz CT molecular complexity index is 798. The van der Waals surface area contributed by atoms with E-state index in [1.165, 1.54) is 0 Å². The number of aromatic nitrogens is 1. The number of carbonyl (C=O) groups is 2. The van der Waals surface area contributed by atoms with Crippen LogP contribution in [0.2, 0.25) is 0 Å². The normalized spacial score (nSPS) is 16.9. The predicted molar refractivity (Wildman–Crippen MR) is 103 cm³/mol. The molecule has 0 spiro atoms. The van der Waals surface area contributed by atoms with E-state index in [1.54, 1.807) is 16.0 Å². The summed E-state index contributed by atoms with van der Waals surface area (Å²) in [5, 5.41) is 3.27. The van der Waals surface area contributed by atoms with Crippen LogP contribution in [0.4, 0.5) is 5.69 Å². The standard InChI is InChI=1S/C19H20N4O2S/c1-2-22-18(25)16(12-17(24)21-14-8-4-3-5-9-14)23(19(22)26)13-15-10-6-7-11-20-15/h3-11,16H,2,12-13H2,1H3,(H,21,24)/t16-/m1/s1. The number of hydrogen-bond acceptors (Lipinski definition) is 4. The molecule has 26 heavy (non-hydrogen) atoms. The summed E-state index contributed by atoms with van der Waals surface area (Å²) in [5.41, 5.74) is 1.50. The highest BCUT2D eigenvalue weighted by atomic mass is 32.1. The van der Waals surface area contributed by atoms with Crippen molar-refractivity contribution in [2.45, 2.75) is 25.9 Å². The summed E-state index contributed by atoms with van der Waals surface area (Å²) in [6.07, 6.45) is 1.74. The molecule has 2 heterocycles. The van der Waals surface area contributed by atoms with Crippen LogP contribution in [0, 0.1) is 0 Å². The minimum Gasteiger partial charge on any atom is -0.330 e. The van der Waals surface area contributed by atoms with E-state index in [2.05, 4.69) is 10.3 Å². The van der Waals surface area contributed by atoms with Gasteiger partial charge in [0, 0.05) is 18.4 Å². The zero-order valence-corrected chi connectivity index (χ0v) is 15.3. The lowest BCUT2D eigenvalue weighted by atomic mass is 10.1. The number of para-hydroxylation sites is 1. The van der Waals surface area contributed by atoms with Crippen molar-refractivity contribution >= 4 is 34.8 Å². The van der Waals surface area contributed by atoms with Crippen LogP contribution < -0.4 is 5.32 Å². The number of benzene rings is 1. The van der Waals surface area contributed by atoms with E-state index < -0.39 is 6.04 Å². The molecular weight excluding hydrogens is 348 g/mol. The number of pyridine rings is 1. The van der Waals surface area contributed by atoms with Crippen LogP contribution in [0.25, 0.3) is 0 Å². The first kappa shape index (κ1) is 18.0. The van der Waals surface area contributed by atoms with Crippen molar-refractivity contribution in [1.82, 2.24) is 14.8 Å². The van der Waals surface area contributed by atoms with Gasteiger partial charge in [-0.1, -0.05) is 24.3 Å². The molecule has 1 aliphatic rings. The van der Waals surface area contributed by atoms with Gasteiger partial charge in [-0.15, -0.1) is 0 Å². The summed E-state index contributed by atoms with van der Waals surface area (Å²) in [7, 11) is 0. The van der Waals surface area contributed by atoms with Crippen LogP contribution in [-0.4, -0.2) is 44.3 Å². The van der Waals surface area contributed by atoms with Gasteiger partial charge in [-0.05, 0) is 43.4 Å². The Hall–Kier alpha value is -2.80. The second-order valence-corrected chi connectivity index (χ2v) is 6.31. The number of amides is 2. The fourth-order valence-electron chi connectivity index (χ4n) is 2.94. The van der Waals surface area contributed by atoms with Gasteiger partial charge < -0.3 is 10.2 Å². The van der Waals surface area contributed by atoms with Gasteiger partial charge in [-0.25, -0.2) is 0 Å². The monoisotopic (exact) mass is 368 g/mol. The fraction of sp³-hybridized carbons (Fsp3) is 0.263. The van der Waals surface area contributed by atoms with Crippen LogP contribution in [0.1, 0.15) is 19.0 Å². The Morgan fingerprint density at radius 2 is 1.92 bits per heavy atom. The van der Waals surface area contributed by atoms with Gasteiger partial charge in [0.15, 0.2) is 5.11 Å². The Labute approximate surface area is 157 Å². The number of anilines is 1. The first-order valence-corrected chi connectivity index (χ1v) is 8.87. The third kappa shape index (κ3) is 3.88. The second-order valence-electron chi connectivity index (χ2n) is 5.95. The molecule has 6 nitrogen and oxygen atoms in total. The minimum atomic E-state index is -0.617. The number of hydrogen-bond donors (Lipinski definition) is 1. The third-order valence-corrected chi connectivity index (χ3v) is 4.67. The highest BCUT2D eigenvalue weighted by Gasteiger charge is 2.42. The molecule has 0 saturated carbocycles. The van der Waals surface area contributed by atoms with Gasteiger partial charge in [-0.2, -0.15) is 0 Å². The molecule has 0 aliphatic carbocycles. The Morgan fingerprint density at radius 1 is 1.19 bits per heavy atom. The van der Waals surface area contributed by atoms with Crippen molar-refractivity contribution in [1.29, 1.82) is 0 Å². The van der Waals surface area contributed by atoms with Crippen molar-refractivity contribution in [2.75, 3.05) is 11.9 Å². The molecule has 0 bridgehead atoms. The topological polar surface area (TPSA) is 65.5 Å². The highest BCUT2D eigenvalue weighted by Crippen LogP contribution is 2.23. The molecule has 1 atom stereocenters. The Balaban J connectivity index is 1.76. The molecule has 1 fully saturated rings.